The van der Waals surface area contributed by atoms with E-state index in [1.54, 1.807) is 6.92 Å². The Kier molecular flexibility index (Phi) is 8.37. The molecule has 5 heteroatoms. The van der Waals surface area contributed by atoms with Crippen LogP contribution in [-0.2, 0) is 10.2 Å². The van der Waals surface area contributed by atoms with Crippen LogP contribution in [0.4, 0.5) is 0 Å². The fraction of sp³-hybridized carbons (Fsp3) is 0.562. The second-order valence-corrected chi connectivity index (χ2v) is 5.97. The van der Waals surface area contributed by atoms with E-state index in [2.05, 4.69) is 26.1 Å². The van der Waals surface area contributed by atoms with Crippen LogP contribution in [0.3, 0.4) is 0 Å². The third-order valence-corrected chi connectivity index (χ3v) is 3.08. The minimum atomic E-state index is -0.506. The van der Waals surface area contributed by atoms with Gasteiger partial charge in [0.1, 0.15) is 5.75 Å². The van der Waals surface area contributed by atoms with E-state index < -0.39 is 6.10 Å². The molecule has 1 rings (SSSR count). The van der Waals surface area contributed by atoms with Gasteiger partial charge in [0.25, 0.3) is 5.91 Å². The molecule has 0 aliphatic rings. The van der Waals surface area contributed by atoms with Crippen LogP contribution in [0.1, 0.15) is 39.7 Å². The van der Waals surface area contributed by atoms with Crippen molar-refractivity contribution in [2.24, 2.45) is 5.73 Å². The summed E-state index contributed by atoms with van der Waals surface area (Å²) in [6.07, 6.45) is 0.270. The molecule has 0 aliphatic heterocycles. The molecule has 0 bridgehead atoms. The molecular weight excluding hydrogens is 288 g/mol. The van der Waals surface area contributed by atoms with Gasteiger partial charge in [-0.1, -0.05) is 32.9 Å². The van der Waals surface area contributed by atoms with E-state index in [9.17, 15) is 4.79 Å². The molecule has 4 nitrogen and oxygen atoms in total. The number of nitrogens with one attached hydrogen (secondary N) is 1. The van der Waals surface area contributed by atoms with Gasteiger partial charge in [-0.05, 0) is 43.0 Å². The molecule has 0 fully saturated rings. The zero-order valence-corrected chi connectivity index (χ0v) is 14.1. The summed E-state index contributed by atoms with van der Waals surface area (Å²) in [6, 6.07) is 7.89. The maximum absolute atomic E-state index is 11.8. The second kappa shape index (κ2) is 8.90. The molecule has 0 radical (unpaired) electrons. The lowest BCUT2D eigenvalue weighted by Crippen LogP contribution is -2.37. The van der Waals surface area contributed by atoms with E-state index in [0.717, 1.165) is 6.42 Å². The Labute approximate surface area is 133 Å². The number of benzene rings is 1. The average molecular weight is 315 g/mol. The Morgan fingerprint density at radius 3 is 2.33 bits per heavy atom. The number of ether oxygens (including phenoxy) is 1. The van der Waals surface area contributed by atoms with Crippen LogP contribution in [0, 0.1) is 0 Å². The number of carbonyl (C=O) groups is 1. The molecule has 21 heavy (non-hydrogen) atoms. The Morgan fingerprint density at radius 2 is 1.86 bits per heavy atom. The monoisotopic (exact) mass is 314 g/mol. The predicted molar refractivity (Wildman–Crippen MR) is 89.2 cm³/mol. The summed E-state index contributed by atoms with van der Waals surface area (Å²) in [5.41, 5.74) is 6.74. The van der Waals surface area contributed by atoms with Gasteiger partial charge >= 0.3 is 0 Å². The number of hydrogen-bond acceptors (Lipinski definition) is 3. The Morgan fingerprint density at radius 1 is 1.29 bits per heavy atom. The summed E-state index contributed by atoms with van der Waals surface area (Å²) in [7, 11) is 0. The van der Waals surface area contributed by atoms with Gasteiger partial charge in [0.05, 0.1) is 0 Å². The normalized spacial score (nSPS) is 12.2. The molecule has 0 saturated heterocycles. The van der Waals surface area contributed by atoms with Gasteiger partial charge in [-0.25, -0.2) is 0 Å². The molecular formula is C16H27ClN2O2. The zero-order chi connectivity index (χ0) is 15.2. The fourth-order valence-electron chi connectivity index (χ4n) is 1.75. The largest absolute Gasteiger partial charge is 0.481 e. The molecule has 1 amide bonds. The SMILES string of the molecule is CC(Oc1ccc(C(C)(C)C)cc1)C(=O)NCCCN.Cl. The molecule has 1 unspecified atom stereocenters. The molecule has 0 saturated carbocycles. The number of amides is 1. The maximum Gasteiger partial charge on any atom is 0.260 e. The summed E-state index contributed by atoms with van der Waals surface area (Å²) in [6.45, 7) is 9.40. The van der Waals surface area contributed by atoms with Gasteiger partial charge in [0.15, 0.2) is 6.10 Å². The Bertz CT molecular complexity index is 427. The number of nitrogens with two attached hydrogens (primary N) is 1. The van der Waals surface area contributed by atoms with Crippen molar-refractivity contribution < 1.29 is 9.53 Å². The van der Waals surface area contributed by atoms with E-state index in [1.807, 2.05) is 24.3 Å². The molecule has 120 valence electrons. The van der Waals surface area contributed by atoms with Crippen LogP contribution in [0.15, 0.2) is 24.3 Å². The van der Waals surface area contributed by atoms with Crippen molar-refractivity contribution in [1.29, 1.82) is 0 Å². The lowest BCUT2D eigenvalue weighted by atomic mass is 9.87. The number of carbonyl (C=O) groups excluding carboxylic acids is 1. The van der Waals surface area contributed by atoms with Crippen LogP contribution >= 0.6 is 12.4 Å². The summed E-state index contributed by atoms with van der Waals surface area (Å²) in [5, 5.41) is 2.80. The minimum absolute atomic E-state index is 0. The van der Waals surface area contributed by atoms with Crippen molar-refractivity contribution in [3.63, 3.8) is 0 Å². The summed E-state index contributed by atoms with van der Waals surface area (Å²) < 4.78 is 5.63. The van der Waals surface area contributed by atoms with Crippen LogP contribution in [0.5, 0.6) is 5.75 Å². The first-order valence-electron chi connectivity index (χ1n) is 7.09. The first-order chi connectivity index (χ1) is 9.34. The van der Waals surface area contributed by atoms with Crippen LogP contribution in [0.25, 0.3) is 0 Å². The van der Waals surface area contributed by atoms with Crippen molar-refractivity contribution >= 4 is 18.3 Å². The predicted octanol–water partition coefficient (Wildman–Crippen LogP) is 2.64. The highest BCUT2D eigenvalue weighted by molar-refractivity contribution is 5.85. The first kappa shape index (κ1) is 19.7. The van der Waals surface area contributed by atoms with Gasteiger partial charge in [-0.3, -0.25) is 4.79 Å². The van der Waals surface area contributed by atoms with Gasteiger partial charge in [-0.2, -0.15) is 0 Å². The molecule has 1 atom stereocenters. The zero-order valence-electron chi connectivity index (χ0n) is 13.3. The smallest absolute Gasteiger partial charge is 0.260 e. The average Bonchev–Trinajstić information content (AvgIpc) is 2.38. The molecule has 3 N–H and O–H groups in total. The quantitative estimate of drug-likeness (QED) is 0.793. The molecule has 0 heterocycles. The van der Waals surface area contributed by atoms with Crippen LogP contribution < -0.4 is 15.8 Å². The van der Waals surface area contributed by atoms with E-state index in [0.29, 0.717) is 18.8 Å². The Balaban J connectivity index is 0.00000400. The highest BCUT2D eigenvalue weighted by Crippen LogP contribution is 2.24. The maximum atomic E-state index is 11.8. The van der Waals surface area contributed by atoms with Crippen LogP contribution in [0.2, 0.25) is 0 Å². The standard InChI is InChI=1S/C16H26N2O2.ClH/c1-12(15(19)18-11-5-10-17)20-14-8-6-13(7-9-14)16(2,3)4;/h6-9,12H,5,10-11,17H2,1-4H3,(H,18,19);1H. The van der Waals surface area contributed by atoms with Crippen LogP contribution in [-0.4, -0.2) is 25.1 Å². The third-order valence-electron chi connectivity index (χ3n) is 3.08. The van der Waals surface area contributed by atoms with Gasteiger partial charge in [0.2, 0.25) is 0 Å². The summed E-state index contributed by atoms with van der Waals surface area (Å²) in [5.74, 6) is 0.595. The molecule has 0 spiro atoms. The van der Waals surface area contributed by atoms with Crippen molar-refractivity contribution in [2.75, 3.05) is 13.1 Å². The van der Waals surface area contributed by atoms with Crippen molar-refractivity contribution in [3.8, 4) is 5.75 Å². The van der Waals surface area contributed by atoms with Crippen molar-refractivity contribution in [2.45, 2.75) is 45.6 Å². The molecule has 0 aliphatic carbocycles. The topological polar surface area (TPSA) is 64.3 Å². The second-order valence-electron chi connectivity index (χ2n) is 5.97. The van der Waals surface area contributed by atoms with E-state index in [-0.39, 0.29) is 23.7 Å². The highest BCUT2D eigenvalue weighted by Gasteiger charge is 2.16. The van der Waals surface area contributed by atoms with E-state index in [4.69, 9.17) is 10.5 Å². The van der Waals surface area contributed by atoms with Crippen molar-refractivity contribution in [1.82, 2.24) is 5.32 Å². The lowest BCUT2D eigenvalue weighted by molar-refractivity contribution is -0.127. The van der Waals surface area contributed by atoms with E-state index >= 15 is 0 Å². The Hall–Kier alpha value is -1.26. The minimum Gasteiger partial charge on any atom is -0.481 e. The van der Waals surface area contributed by atoms with Gasteiger partial charge in [0, 0.05) is 6.54 Å². The molecule has 0 aromatic heterocycles. The highest BCUT2D eigenvalue weighted by atomic mass is 35.5. The van der Waals surface area contributed by atoms with Gasteiger partial charge in [-0.15, -0.1) is 12.4 Å². The third kappa shape index (κ3) is 6.82. The summed E-state index contributed by atoms with van der Waals surface area (Å²) >= 11 is 0. The fourth-order valence-corrected chi connectivity index (χ4v) is 1.75. The molecule has 1 aromatic carbocycles. The van der Waals surface area contributed by atoms with E-state index in [1.165, 1.54) is 5.56 Å². The number of hydrogen-bond donors (Lipinski definition) is 2. The number of halogens is 1. The van der Waals surface area contributed by atoms with Crippen molar-refractivity contribution in [3.05, 3.63) is 29.8 Å². The number of rotatable bonds is 6. The lowest BCUT2D eigenvalue weighted by Gasteiger charge is -2.20. The van der Waals surface area contributed by atoms with Gasteiger partial charge < -0.3 is 15.8 Å². The summed E-state index contributed by atoms with van der Waals surface area (Å²) in [4.78, 5) is 11.8. The first-order valence-corrected chi connectivity index (χ1v) is 7.09. The molecule has 1 aromatic rings.